The number of thiazole rings is 1. The van der Waals surface area contributed by atoms with Gasteiger partial charge in [-0.15, -0.1) is 11.3 Å². The number of benzene rings is 1. The minimum atomic E-state index is -0.105. The molecule has 6 nitrogen and oxygen atoms in total. The molecule has 1 saturated heterocycles. The number of nitrogens with zero attached hydrogens (tertiary/aromatic N) is 3. The van der Waals surface area contributed by atoms with Crippen molar-refractivity contribution >= 4 is 23.3 Å². The Morgan fingerprint density at radius 3 is 2.85 bits per heavy atom. The summed E-state index contributed by atoms with van der Waals surface area (Å²) < 4.78 is 0. The first-order valence-electron chi connectivity index (χ1n) is 8.75. The number of nitrogens with one attached hydrogen (secondary N) is 1. The molecule has 0 unspecified atom stereocenters. The zero-order chi connectivity index (χ0) is 18.5. The molecule has 26 heavy (non-hydrogen) atoms. The largest absolute Gasteiger partial charge is 0.345 e. The van der Waals surface area contributed by atoms with Crippen LogP contribution in [-0.2, 0) is 11.2 Å². The standard InChI is InChI=1S/C19H24N4O2S/c1-22-11-14(10-18(22)24)12-23(2)19(25)20-9-8-17-21-16(13-26-17)15-6-4-3-5-7-15/h3-7,13-14H,8-12H2,1-2H3,(H,20,25)/t14-/m1/s1. The van der Waals surface area contributed by atoms with Gasteiger partial charge in [-0.3, -0.25) is 4.79 Å². The molecule has 1 aromatic carbocycles. The van der Waals surface area contributed by atoms with E-state index in [0.717, 1.165) is 22.8 Å². The lowest BCUT2D eigenvalue weighted by atomic mass is 10.1. The number of hydrogen-bond acceptors (Lipinski definition) is 4. The molecule has 7 heteroatoms. The second-order valence-corrected chi connectivity index (χ2v) is 7.64. The van der Waals surface area contributed by atoms with Gasteiger partial charge in [0, 0.05) is 63.4 Å². The Kier molecular flexibility index (Phi) is 5.88. The normalized spacial score (nSPS) is 16.8. The Bertz CT molecular complexity index is 762. The predicted octanol–water partition coefficient (Wildman–Crippen LogP) is 2.47. The third-order valence-electron chi connectivity index (χ3n) is 4.54. The van der Waals surface area contributed by atoms with Crippen molar-refractivity contribution in [3.63, 3.8) is 0 Å². The van der Waals surface area contributed by atoms with Gasteiger partial charge in [0.25, 0.3) is 0 Å². The lowest BCUT2D eigenvalue weighted by molar-refractivity contribution is -0.126. The molecule has 1 aliphatic rings. The van der Waals surface area contributed by atoms with Crippen LogP contribution in [0.3, 0.4) is 0 Å². The Morgan fingerprint density at radius 1 is 1.38 bits per heavy atom. The molecule has 138 valence electrons. The van der Waals surface area contributed by atoms with Crippen LogP contribution in [0.25, 0.3) is 11.3 Å². The maximum atomic E-state index is 12.2. The van der Waals surface area contributed by atoms with Gasteiger partial charge in [0.2, 0.25) is 5.91 Å². The van der Waals surface area contributed by atoms with Crippen molar-refractivity contribution in [2.24, 2.45) is 5.92 Å². The molecule has 3 amide bonds. The summed E-state index contributed by atoms with van der Waals surface area (Å²) in [5.41, 5.74) is 2.08. The van der Waals surface area contributed by atoms with E-state index in [9.17, 15) is 9.59 Å². The maximum Gasteiger partial charge on any atom is 0.317 e. The van der Waals surface area contributed by atoms with E-state index in [1.807, 2.05) is 35.7 Å². The van der Waals surface area contributed by atoms with E-state index < -0.39 is 0 Å². The summed E-state index contributed by atoms with van der Waals surface area (Å²) in [6.07, 6.45) is 1.23. The Hall–Kier alpha value is -2.41. The molecule has 3 rings (SSSR count). The SMILES string of the molecule is CN1C[C@H](CN(C)C(=O)NCCc2nc(-c3ccccc3)cs2)CC1=O. The van der Waals surface area contributed by atoms with Crippen LogP contribution in [0, 0.1) is 5.92 Å². The van der Waals surface area contributed by atoms with Gasteiger partial charge in [0.15, 0.2) is 0 Å². The van der Waals surface area contributed by atoms with E-state index in [0.29, 0.717) is 25.9 Å². The smallest absolute Gasteiger partial charge is 0.317 e. The third-order valence-corrected chi connectivity index (χ3v) is 5.44. The van der Waals surface area contributed by atoms with Crippen LogP contribution in [0.15, 0.2) is 35.7 Å². The highest BCUT2D eigenvalue weighted by Gasteiger charge is 2.28. The van der Waals surface area contributed by atoms with Gasteiger partial charge in [-0.05, 0) is 0 Å². The minimum absolute atomic E-state index is 0.105. The van der Waals surface area contributed by atoms with Crippen molar-refractivity contribution in [3.8, 4) is 11.3 Å². The van der Waals surface area contributed by atoms with Crippen molar-refractivity contribution in [1.82, 2.24) is 20.1 Å². The predicted molar refractivity (Wildman–Crippen MR) is 103 cm³/mol. The first-order valence-corrected chi connectivity index (χ1v) is 9.63. The summed E-state index contributed by atoms with van der Waals surface area (Å²) in [5.74, 6) is 0.373. The molecular weight excluding hydrogens is 348 g/mol. The Morgan fingerprint density at radius 2 is 2.15 bits per heavy atom. The van der Waals surface area contributed by atoms with Crippen molar-refractivity contribution in [2.45, 2.75) is 12.8 Å². The number of carbonyl (C=O) groups is 2. The van der Waals surface area contributed by atoms with Crippen molar-refractivity contribution in [3.05, 3.63) is 40.7 Å². The Balaban J connectivity index is 1.42. The van der Waals surface area contributed by atoms with Crippen LogP contribution < -0.4 is 5.32 Å². The maximum absolute atomic E-state index is 12.2. The van der Waals surface area contributed by atoms with Crippen LogP contribution in [0.2, 0.25) is 0 Å². The van der Waals surface area contributed by atoms with Crippen molar-refractivity contribution in [1.29, 1.82) is 0 Å². The molecule has 0 aliphatic carbocycles. The lowest BCUT2D eigenvalue weighted by Crippen LogP contribution is -2.41. The number of aromatic nitrogens is 1. The number of rotatable bonds is 6. The highest BCUT2D eigenvalue weighted by atomic mass is 32.1. The highest BCUT2D eigenvalue weighted by molar-refractivity contribution is 7.09. The summed E-state index contributed by atoms with van der Waals surface area (Å²) in [4.78, 5) is 31.8. The van der Waals surface area contributed by atoms with Crippen molar-refractivity contribution in [2.75, 3.05) is 33.7 Å². The molecule has 1 N–H and O–H groups in total. The fourth-order valence-corrected chi connectivity index (χ4v) is 3.93. The van der Waals surface area contributed by atoms with E-state index in [1.54, 1.807) is 35.2 Å². The molecule has 0 bridgehead atoms. The van der Waals surface area contributed by atoms with Gasteiger partial charge in [0.1, 0.15) is 0 Å². The summed E-state index contributed by atoms with van der Waals surface area (Å²) in [6.45, 7) is 1.86. The van der Waals surface area contributed by atoms with E-state index in [1.165, 1.54) is 0 Å². The van der Waals surface area contributed by atoms with Gasteiger partial charge in [-0.2, -0.15) is 0 Å². The molecule has 1 atom stereocenters. The average Bonchev–Trinajstić information content (AvgIpc) is 3.22. The molecule has 0 radical (unpaired) electrons. The average molecular weight is 372 g/mol. The fraction of sp³-hybridized carbons (Fsp3) is 0.421. The molecular formula is C19H24N4O2S. The summed E-state index contributed by atoms with van der Waals surface area (Å²) in [5, 5.41) is 5.99. The number of urea groups is 1. The number of likely N-dealkylation sites (tertiary alicyclic amines) is 1. The highest BCUT2D eigenvalue weighted by Crippen LogP contribution is 2.21. The second kappa shape index (κ2) is 8.31. The van der Waals surface area contributed by atoms with E-state index in [4.69, 9.17) is 0 Å². The summed E-state index contributed by atoms with van der Waals surface area (Å²) >= 11 is 1.61. The van der Waals surface area contributed by atoms with Gasteiger partial charge in [-0.25, -0.2) is 9.78 Å². The number of carbonyl (C=O) groups excluding carboxylic acids is 2. The van der Waals surface area contributed by atoms with E-state index >= 15 is 0 Å². The zero-order valence-corrected chi connectivity index (χ0v) is 16.0. The molecule has 1 aromatic heterocycles. The van der Waals surface area contributed by atoms with E-state index in [-0.39, 0.29) is 17.9 Å². The third kappa shape index (κ3) is 4.60. The molecule has 2 heterocycles. The molecule has 1 fully saturated rings. The lowest BCUT2D eigenvalue weighted by Gasteiger charge is -2.21. The number of amides is 3. The first kappa shape index (κ1) is 18.4. The fourth-order valence-electron chi connectivity index (χ4n) is 3.13. The van der Waals surface area contributed by atoms with Gasteiger partial charge >= 0.3 is 6.03 Å². The minimum Gasteiger partial charge on any atom is -0.345 e. The van der Waals surface area contributed by atoms with Crippen LogP contribution in [0.4, 0.5) is 4.79 Å². The topological polar surface area (TPSA) is 65.5 Å². The summed E-state index contributed by atoms with van der Waals surface area (Å²) in [6, 6.07) is 9.97. The van der Waals surface area contributed by atoms with Crippen LogP contribution in [0.5, 0.6) is 0 Å². The van der Waals surface area contributed by atoms with Gasteiger partial charge < -0.3 is 15.1 Å². The first-order chi connectivity index (χ1) is 12.5. The van der Waals surface area contributed by atoms with Gasteiger partial charge in [-0.1, -0.05) is 30.3 Å². The quantitative estimate of drug-likeness (QED) is 0.847. The molecule has 1 aliphatic heterocycles. The zero-order valence-electron chi connectivity index (χ0n) is 15.1. The van der Waals surface area contributed by atoms with Gasteiger partial charge in [0.05, 0.1) is 10.7 Å². The summed E-state index contributed by atoms with van der Waals surface area (Å²) in [7, 11) is 3.58. The number of hydrogen-bond donors (Lipinski definition) is 1. The van der Waals surface area contributed by atoms with Crippen molar-refractivity contribution < 1.29 is 9.59 Å². The molecule has 0 spiro atoms. The molecule has 0 saturated carbocycles. The monoisotopic (exact) mass is 372 g/mol. The van der Waals surface area contributed by atoms with E-state index in [2.05, 4.69) is 10.3 Å². The van der Waals surface area contributed by atoms with Crippen LogP contribution in [-0.4, -0.2) is 60.5 Å². The van der Waals surface area contributed by atoms with Crippen LogP contribution >= 0.6 is 11.3 Å². The van der Waals surface area contributed by atoms with Crippen LogP contribution in [0.1, 0.15) is 11.4 Å². The second-order valence-electron chi connectivity index (χ2n) is 6.70. The molecule has 2 aromatic rings. The Labute approximate surface area is 157 Å².